The van der Waals surface area contributed by atoms with E-state index in [1.165, 1.54) is 11.1 Å². The van der Waals surface area contributed by atoms with Crippen LogP contribution in [-0.2, 0) is 0 Å². The Balaban J connectivity index is 2.81. The highest BCUT2D eigenvalue weighted by Gasteiger charge is 1.93. The van der Waals surface area contributed by atoms with Crippen LogP contribution in [0.2, 0.25) is 0 Å². The summed E-state index contributed by atoms with van der Waals surface area (Å²) < 4.78 is 0. The lowest BCUT2D eigenvalue weighted by atomic mass is 10.1. The molecular formula is C10H12. The zero-order valence-electron chi connectivity index (χ0n) is 6.52. The Bertz CT molecular complexity index is 201. The first-order valence-corrected chi connectivity index (χ1v) is 3.64. The summed E-state index contributed by atoms with van der Waals surface area (Å²) in [6.07, 6.45) is 4.27. The molecule has 0 aliphatic carbocycles. The van der Waals surface area contributed by atoms with Crippen LogP contribution in [0.15, 0.2) is 24.3 Å². The summed E-state index contributed by atoms with van der Waals surface area (Å²) in [4.78, 5) is 0. The summed E-state index contributed by atoms with van der Waals surface area (Å²) in [7, 11) is 0. The van der Waals surface area contributed by atoms with Gasteiger partial charge in [0.25, 0.3) is 0 Å². The highest BCUT2D eigenvalue weighted by molar-refractivity contribution is 5.31. The zero-order chi connectivity index (χ0) is 7.40. The molecule has 0 heterocycles. The van der Waals surface area contributed by atoms with Crippen molar-refractivity contribution in [1.29, 1.82) is 0 Å². The van der Waals surface area contributed by atoms with Crippen molar-refractivity contribution in [1.82, 2.24) is 0 Å². The molecule has 2 radical (unpaired) electrons. The van der Waals surface area contributed by atoms with E-state index in [-0.39, 0.29) is 0 Å². The largest absolute Gasteiger partial charge is 0.0645 e. The van der Waals surface area contributed by atoms with Gasteiger partial charge in [0.15, 0.2) is 0 Å². The fourth-order valence-electron chi connectivity index (χ4n) is 0.962. The first-order chi connectivity index (χ1) is 4.84. The summed E-state index contributed by atoms with van der Waals surface area (Å²) >= 11 is 0. The lowest BCUT2D eigenvalue weighted by Gasteiger charge is -2.00. The number of hydrogen-bond donors (Lipinski definition) is 0. The quantitative estimate of drug-likeness (QED) is 0.580. The van der Waals surface area contributed by atoms with E-state index >= 15 is 0 Å². The lowest BCUT2D eigenvalue weighted by Crippen LogP contribution is -1.83. The molecule has 1 aromatic rings. The van der Waals surface area contributed by atoms with Crippen LogP contribution in [0.3, 0.4) is 0 Å². The third-order valence-corrected chi connectivity index (χ3v) is 1.51. The molecule has 10 heavy (non-hydrogen) atoms. The van der Waals surface area contributed by atoms with Crippen LogP contribution in [0.1, 0.15) is 24.5 Å². The average molecular weight is 132 g/mol. The minimum atomic E-state index is 0.991. The summed E-state index contributed by atoms with van der Waals surface area (Å²) in [5.41, 5.74) is 2.55. The molecule has 0 N–H and O–H groups in total. The van der Waals surface area contributed by atoms with Gasteiger partial charge in [-0.25, -0.2) is 0 Å². The van der Waals surface area contributed by atoms with Gasteiger partial charge in [-0.2, -0.15) is 0 Å². The molecule has 0 amide bonds. The molecule has 1 aromatic carbocycles. The molecule has 0 aliphatic rings. The maximum absolute atomic E-state index is 3.28. The van der Waals surface area contributed by atoms with Gasteiger partial charge in [-0.1, -0.05) is 31.2 Å². The number of aryl methyl sites for hydroxylation is 1. The second-order valence-corrected chi connectivity index (χ2v) is 2.35. The molecule has 0 atom stereocenters. The molecule has 0 fully saturated rings. The highest BCUT2D eigenvalue weighted by atomic mass is 14.0. The number of hydrogen-bond acceptors (Lipinski definition) is 0. The third kappa shape index (κ3) is 1.60. The maximum atomic E-state index is 3.28. The summed E-state index contributed by atoms with van der Waals surface area (Å²) in [5.74, 6) is 0. The predicted molar refractivity (Wildman–Crippen MR) is 43.8 cm³/mol. The summed E-state index contributed by atoms with van der Waals surface area (Å²) in [6, 6.07) is 8.30. The maximum Gasteiger partial charge on any atom is 0.0164 e. The molecule has 52 valence electrons. The minimum Gasteiger partial charge on any atom is -0.0645 e. The monoisotopic (exact) mass is 132 g/mol. The third-order valence-electron chi connectivity index (χ3n) is 1.51. The van der Waals surface area contributed by atoms with Crippen molar-refractivity contribution in [3.8, 4) is 0 Å². The molecule has 0 heteroatoms. The Morgan fingerprint density at radius 3 is 2.60 bits per heavy atom. The van der Waals surface area contributed by atoms with E-state index in [0.717, 1.165) is 6.42 Å². The zero-order valence-corrected chi connectivity index (χ0v) is 6.52. The van der Waals surface area contributed by atoms with Crippen molar-refractivity contribution >= 4 is 0 Å². The Morgan fingerprint density at radius 2 is 2.00 bits per heavy atom. The van der Waals surface area contributed by atoms with E-state index in [1.54, 1.807) is 0 Å². The van der Waals surface area contributed by atoms with E-state index in [4.69, 9.17) is 0 Å². The normalized spacial score (nSPS) is 9.80. The van der Waals surface area contributed by atoms with Gasteiger partial charge in [0.05, 0.1) is 0 Å². The van der Waals surface area contributed by atoms with Crippen LogP contribution in [0.4, 0.5) is 0 Å². The van der Waals surface area contributed by atoms with Crippen molar-refractivity contribution in [2.24, 2.45) is 0 Å². The van der Waals surface area contributed by atoms with E-state index in [9.17, 15) is 0 Å². The SMILES string of the molecule is CC[C]c1ccccc1C. The van der Waals surface area contributed by atoms with Crippen LogP contribution in [0.25, 0.3) is 0 Å². The molecular weight excluding hydrogens is 120 g/mol. The fraction of sp³-hybridized carbons (Fsp3) is 0.300. The van der Waals surface area contributed by atoms with Gasteiger partial charge in [0.1, 0.15) is 0 Å². The summed E-state index contributed by atoms with van der Waals surface area (Å²) in [6.45, 7) is 4.21. The van der Waals surface area contributed by atoms with Crippen LogP contribution in [-0.4, -0.2) is 0 Å². The van der Waals surface area contributed by atoms with Gasteiger partial charge in [0, 0.05) is 6.42 Å². The predicted octanol–water partition coefficient (Wildman–Crippen LogP) is 2.83. The van der Waals surface area contributed by atoms with Gasteiger partial charge >= 0.3 is 0 Å². The van der Waals surface area contributed by atoms with Gasteiger partial charge in [-0.3, -0.25) is 0 Å². The summed E-state index contributed by atoms with van der Waals surface area (Å²) in [5, 5.41) is 0. The molecule has 1 rings (SSSR count). The molecule has 0 bridgehead atoms. The standard InChI is InChI=1S/C10H12/c1-3-6-10-8-5-4-7-9(10)2/h4-5,7-8H,3H2,1-2H3. The Morgan fingerprint density at radius 1 is 1.30 bits per heavy atom. The number of benzene rings is 1. The van der Waals surface area contributed by atoms with Gasteiger partial charge in [-0.15, -0.1) is 0 Å². The molecule has 0 nitrogen and oxygen atoms in total. The smallest absolute Gasteiger partial charge is 0.0164 e. The van der Waals surface area contributed by atoms with Crippen LogP contribution >= 0.6 is 0 Å². The van der Waals surface area contributed by atoms with Crippen molar-refractivity contribution < 1.29 is 0 Å². The van der Waals surface area contributed by atoms with Crippen molar-refractivity contribution in [3.05, 3.63) is 41.8 Å². The second-order valence-electron chi connectivity index (χ2n) is 2.35. The molecule has 0 spiro atoms. The Kier molecular flexibility index (Phi) is 2.49. The molecule has 0 unspecified atom stereocenters. The van der Waals surface area contributed by atoms with E-state index < -0.39 is 0 Å². The van der Waals surface area contributed by atoms with Gasteiger partial charge in [-0.05, 0) is 24.5 Å². The minimum absolute atomic E-state index is 0.991. The van der Waals surface area contributed by atoms with E-state index in [2.05, 4.69) is 38.5 Å². The molecule has 0 aliphatic heterocycles. The molecule has 0 saturated heterocycles. The highest BCUT2D eigenvalue weighted by Crippen LogP contribution is 2.10. The van der Waals surface area contributed by atoms with E-state index in [1.807, 2.05) is 6.07 Å². The van der Waals surface area contributed by atoms with Crippen LogP contribution < -0.4 is 0 Å². The van der Waals surface area contributed by atoms with Crippen molar-refractivity contribution in [3.63, 3.8) is 0 Å². The average Bonchev–Trinajstić information content (AvgIpc) is 1.94. The lowest BCUT2D eigenvalue weighted by molar-refractivity contribution is 1.11. The van der Waals surface area contributed by atoms with Crippen LogP contribution in [0, 0.1) is 13.3 Å². The fourth-order valence-corrected chi connectivity index (χ4v) is 0.962. The first kappa shape index (κ1) is 7.33. The molecule has 0 saturated carbocycles. The van der Waals surface area contributed by atoms with Crippen molar-refractivity contribution in [2.45, 2.75) is 20.3 Å². The second kappa shape index (κ2) is 3.40. The molecule has 0 aromatic heterocycles. The van der Waals surface area contributed by atoms with Crippen LogP contribution in [0.5, 0.6) is 0 Å². The van der Waals surface area contributed by atoms with Gasteiger partial charge in [0.2, 0.25) is 0 Å². The van der Waals surface area contributed by atoms with E-state index in [0.29, 0.717) is 0 Å². The topological polar surface area (TPSA) is 0 Å². The Hall–Kier alpha value is -0.780. The number of rotatable bonds is 2. The Labute approximate surface area is 62.9 Å². The van der Waals surface area contributed by atoms with Gasteiger partial charge < -0.3 is 0 Å². The first-order valence-electron chi connectivity index (χ1n) is 3.64. The van der Waals surface area contributed by atoms with Crippen molar-refractivity contribution in [2.75, 3.05) is 0 Å².